The first-order chi connectivity index (χ1) is 14.8. The average Bonchev–Trinajstić information content (AvgIpc) is 3.46. The molecule has 0 saturated heterocycles. The van der Waals surface area contributed by atoms with Crippen LogP contribution in [0.15, 0.2) is 21.8 Å². The number of hydrogen-bond donors (Lipinski definition) is 2. The summed E-state index contributed by atoms with van der Waals surface area (Å²) < 4.78 is 55.5. The first-order valence-electron chi connectivity index (χ1n) is 9.95. The molecule has 10 nitrogen and oxygen atoms in total. The number of nitrogens with one attached hydrogen (secondary N) is 2. The fourth-order valence-electron chi connectivity index (χ4n) is 3.62. The number of ether oxygens (including phenoxy) is 1. The zero-order chi connectivity index (χ0) is 23.8. The van der Waals surface area contributed by atoms with Gasteiger partial charge in [0.25, 0.3) is 5.56 Å². The van der Waals surface area contributed by atoms with Crippen LogP contribution in [0.5, 0.6) is 0 Å². The number of carbonyl (C=O) groups excluding carboxylic acids is 1. The summed E-state index contributed by atoms with van der Waals surface area (Å²) in [5.74, 6) is -1.14. The Balaban J connectivity index is 2.27. The third-order valence-corrected chi connectivity index (χ3v) is 7.17. The number of benzene rings is 1. The number of anilines is 1. The highest BCUT2D eigenvalue weighted by Gasteiger charge is 2.34. The van der Waals surface area contributed by atoms with E-state index in [4.69, 9.17) is 4.74 Å². The molecule has 0 amide bonds. The van der Waals surface area contributed by atoms with Gasteiger partial charge in [0.05, 0.1) is 28.6 Å². The molecule has 1 heterocycles. The summed E-state index contributed by atoms with van der Waals surface area (Å²) in [5, 5.41) is 5.84. The van der Waals surface area contributed by atoms with Crippen LogP contribution in [0.2, 0.25) is 0 Å². The summed E-state index contributed by atoms with van der Waals surface area (Å²) in [6.45, 7) is 0.413. The van der Waals surface area contributed by atoms with Crippen LogP contribution in [0, 0.1) is 0 Å². The van der Waals surface area contributed by atoms with E-state index in [1.54, 1.807) is 0 Å². The minimum Gasteiger partial charge on any atom is -0.383 e. The molecular weight excluding hydrogens is 458 g/mol. The highest BCUT2D eigenvalue weighted by Crippen LogP contribution is 2.41. The van der Waals surface area contributed by atoms with E-state index in [2.05, 4.69) is 10.4 Å². The summed E-state index contributed by atoms with van der Waals surface area (Å²) >= 11 is 0. The topological polar surface area (TPSA) is 144 Å². The summed E-state index contributed by atoms with van der Waals surface area (Å²) in [4.78, 5) is 26.1. The largest absolute Gasteiger partial charge is 0.383 e. The van der Waals surface area contributed by atoms with Crippen molar-refractivity contribution in [2.45, 2.75) is 29.4 Å². The van der Waals surface area contributed by atoms with Gasteiger partial charge in [-0.3, -0.25) is 19.4 Å². The van der Waals surface area contributed by atoms with Crippen LogP contribution >= 0.6 is 0 Å². The number of hydrogen-bond acceptors (Lipinski definition) is 8. The van der Waals surface area contributed by atoms with Crippen LogP contribution in [0.25, 0.3) is 0 Å². The first-order valence-corrected chi connectivity index (χ1v) is 13.9. The second-order valence-corrected chi connectivity index (χ2v) is 12.2. The number of H-pyrrole nitrogens is 1. The molecule has 176 valence electrons. The van der Waals surface area contributed by atoms with Crippen LogP contribution < -0.4 is 10.9 Å². The van der Waals surface area contributed by atoms with Crippen LogP contribution in [-0.4, -0.2) is 65.2 Å². The van der Waals surface area contributed by atoms with Gasteiger partial charge in [-0.2, -0.15) is 0 Å². The average molecular weight is 486 g/mol. The lowest BCUT2D eigenvalue weighted by atomic mass is 9.96. The fraction of sp³-hybridized carbons (Fsp3) is 0.500. The first kappa shape index (κ1) is 24.2. The van der Waals surface area contributed by atoms with Crippen molar-refractivity contribution >= 4 is 31.1 Å². The Morgan fingerprint density at radius 2 is 1.88 bits per heavy atom. The quantitative estimate of drug-likeness (QED) is 0.372. The molecule has 1 aliphatic carbocycles. The molecule has 3 rings (SSSR count). The maximum Gasteiger partial charge on any atom is 0.277 e. The third kappa shape index (κ3) is 5.13. The number of carbonyl (C=O) groups is 1. The van der Waals surface area contributed by atoms with E-state index in [0.29, 0.717) is 5.69 Å². The van der Waals surface area contributed by atoms with Crippen molar-refractivity contribution in [3.05, 3.63) is 44.9 Å². The van der Waals surface area contributed by atoms with Crippen molar-refractivity contribution < 1.29 is 26.4 Å². The lowest BCUT2D eigenvalue weighted by molar-refractivity contribution is 0.103. The number of aromatic amines is 1. The molecule has 0 unspecified atom stereocenters. The van der Waals surface area contributed by atoms with E-state index in [1.807, 2.05) is 0 Å². The van der Waals surface area contributed by atoms with Gasteiger partial charge in [0.2, 0.25) is 5.78 Å². The van der Waals surface area contributed by atoms with E-state index in [1.165, 1.54) is 31.0 Å². The Morgan fingerprint density at radius 1 is 1.22 bits per heavy atom. The monoisotopic (exact) mass is 485 g/mol. The number of aryl methyl sites for hydroxylation is 1. The van der Waals surface area contributed by atoms with E-state index >= 15 is 0 Å². The van der Waals surface area contributed by atoms with Gasteiger partial charge in [-0.15, -0.1) is 0 Å². The molecule has 12 heteroatoms. The molecule has 0 atom stereocenters. The van der Waals surface area contributed by atoms with Crippen molar-refractivity contribution in [2.24, 2.45) is 7.05 Å². The Labute approximate surface area is 186 Å². The molecule has 1 aromatic heterocycles. The second kappa shape index (κ2) is 8.83. The van der Waals surface area contributed by atoms with Gasteiger partial charge in [0, 0.05) is 50.3 Å². The number of nitrogens with zero attached hydrogens (tertiary/aromatic N) is 1. The van der Waals surface area contributed by atoms with Gasteiger partial charge in [-0.05, 0) is 25.0 Å². The smallest absolute Gasteiger partial charge is 0.277 e. The maximum atomic E-state index is 13.6. The minimum absolute atomic E-state index is 0.0153. The summed E-state index contributed by atoms with van der Waals surface area (Å²) in [6, 6.07) is 2.54. The molecule has 1 fully saturated rings. The zero-order valence-electron chi connectivity index (χ0n) is 18.4. The molecule has 0 bridgehead atoms. The van der Waals surface area contributed by atoms with E-state index in [0.717, 1.165) is 25.4 Å². The predicted molar refractivity (Wildman–Crippen MR) is 120 cm³/mol. The molecule has 1 aliphatic rings. The Morgan fingerprint density at radius 3 is 2.41 bits per heavy atom. The van der Waals surface area contributed by atoms with Crippen LogP contribution in [0.4, 0.5) is 5.69 Å². The van der Waals surface area contributed by atoms with Crippen LogP contribution in [0.1, 0.15) is 45.9 Å². The van der Waals surface area contributed by atoms with E-state index in [-0.39, 0.29) is 46.3 Å². The van der Waals surface area contributed by atoms with Crippen molar-refractivity contribution in [3.63, 3.8) is 0 Å². The van der Waals surface area contributed by atoms with Crippen molar-refractivity contribution in [3.8, 4) is 0 Å². The SMILES string of the molecule is COCCNc1c(S(C)(=O)=O)ccc(C(=O)c2c(C3CC3)[nH]n(C)c2=O)c1CS(C)(=O)=O. The van der Waals surface area contributed by atoms with E-state index in [9.17, 15) is 26.4 Å². The Bertz CT molecular complexity index is 1320. The zero-order valence-corrected chi connectivity index (χ0v) is 20.0. The van der Waals surface area contributed by atoms with Crippen molar-refractivity contribution in [1.82, 2.24) is 9.78 Å². The highest BCUT2D eigenvalue weighted by atomic mass is 32.2. The minimum atomic E-state index is -3.75. The normalized spacial score (nSPS) is 14.5. The molecule has 1 aromatic carbocycles. The van der Waals surface area contributed by atoms with Crippen LogP contribution in [0.3, 0.4) is 0 Å². The number of methoxy groups -OCH3 is 1. The third-order valence-electron chi connectivity index (χ3n) is 5.22. The molecule has 1 saturated carbocycles. The molecule has 32 heavy (non-hydrogen) atoms. The van der Waals surface area contributed by atoms with Gasteiger partial charge in [0.1, 0.15) is 5.56 Å². The summed E-state index contributed by atoms with van der Waals surface area (Å²) in [5.41, 5.74) is -0.0131. The lowest BCUT2D eigenvalue weighted by Gasteiger charge is -2.18. The Kier molecular flexibility index (Phi) is 6.68. The second-order valence-electron chi connectivity index (χ2n) is 8.09. The molecular formula is C20H27N3O7S2. The molecule has 2 aromatic rings. The standard InChI is InChI=1S/C20H27N3O7S2/c1-23-20(25)16(17(22-23)12-5-6-12)19(24)13-7-8-15(32(4,28)29)18(21-9-10-30-2)14(13)11-31(3,26)27/h7-8,12,21-22H,5-6,9-11H2,1-4H3. The van der Waals surface area contributed by atoms with Gasteiger partial charge in [-0.25, -0.2) is 16.8 Å². The van der Waals surface area contributed by atoms with Gasteiger partial charge < -0.3 is 10.1 Å². The molecule has 2 N–H and O–H groups in total. The summed E-state index contributed by atoms with van der Waals surface area (Å²) in [6.07, 6.45) is 3.68. The number of sulfone groups is 2. The van der Waals surface area contributed by atoms with Gasteiger partial charge in [-0.1, -0.05) is 0 Å². The van der Waals surface area contributed by atoms with Gasteiger partial charge in [0.15, 0.2) is 19.7 Å². The fourth-order valence-corrected chi connectivity index (χ4v) is 5.33. The lowest BCUT2D eigenvalue weighted by Crippen LogP contribution is -2.22. The van der Waals surface area contributed by atoms with Crippen molar-refractivity contribution in [2.75, 3.05) is 38.1 Å². The highest BCUT2D eigenvalue weighted by molar-refractivity contribution is 7.91. The summed E-state index contributed by atoms with van der Waals surface area (Å²) in [7, 11) is -4.44. The van der Waals surface area contributed by atoms with Gasteiger partial charge >= 0.3 is 0 Å². The molecule has 0 spiro atoms. The van der Waals surface area contributed by atoms with Crippen LogP contribution in [-0.2, 0) is 37.2 Å². The number of rotatable bonds is 10. The van der Waals surface area contributed by atoms with E-state index < -0.39 is 36.8 Å². The molecule has 0 aliphatic heterocycles. The Hall–Kier alpha value is -2.44. The number of ketones is 1. The molecule has 0 radical (unpaired) electrons. The number of aromatic nitrogens is 2. The predicted octanol–water partition coefficient (Wildman–Crippen LogP) is 0.828. The maximum absolute atomic E-state index is 13.6. The van der Waals surface area contributed by atoms with Crippen molar-refractivity contribution in [1.29, 1.82) is 0 Å².